The maximum absolute atomic E-state index is 13.3. The highest BCUT2D eigenvalue weighted by Gasteiger charge is 2.34. The molecule has 0 aromatic heterocycles. The molecule has 1 N–H and O–H groups in total. The fourth-order valence-corrected chi connectivity index (χ4v) is 2.40. The predicted octanol–water partition coefficient (Wildman–Crippen LogP) is 4.81. The van der Waals surface area contributed by atoms with E-state index >= 15 is 0 Å². The van der Waals surface area contributed by atoms with Crippen molar-refractivity contribution in [1.82, 2.24) is 5.32 Å². The molecule has 2 aromatic rings. The van der Waals surface area contributed by atoms with E-state index in [0.29, 0.717) is 16.1 Å². The van der Waals surface area contributed by atoms with Gasteiger partial charge in [-0.15, -0.1) is 0 Å². The molecule has 0 aliphatic rings. The standard InChI is InChI=1S/C15H12ClF4N/c1-21-14(10-4-2-3-5-12(10)16)9-6-7-13(17)11(8-9)15(18,19)20/h2-8,14,21H,1H3. The van der Waals surface area contributed by atoms with E-state index in [2.05, 4.69) is 5.32 Å². The Hall–Kier alpha value is -1.59. The van der Waals surface area contributed by atoms with Gasteiger partial charge in [0.15, 0.2) is 0 Å². The lowest BCUT2D eigenvalue weighted by Gasteiger charge is -2.20. The van der Waals surface area contributed by atoms with Crippen LogP contribution in [0.25, 0.3) is 0 Å². The minimum Gasteiger partial charge on any atom is -0.309 e. The molecule has 0 aliphatic heterocycles. The van der Waals surface area contributed by atoms with E-state index in [-0.39, 0.29) is 0 Å². The first-order chi connectivity index (χ1) is 9.84. The summed E-state index contributed by atoms with van der Waals surface area (Å²) in [5.74, 6) is -1.29. The monoisotopic (exact) mass is 317 g/mol. The number of rotatable bonds is 3. The highest BCUT2D eigenvalue weighted by molar-refractivity contribution is 6.31. The van der Waals surface area contributed by atoms with E-state index < -0.39 is 23.6 Å². The maximum atomic E-state index is 13.3. The summed E-state index contributed by atoms with van der Waals surface area (Å²) in [6.45, 7) is 0. The van der Waals surface area contributed by atoms with Crippen molar-refractivity contribution in [2.45, 2.75) is 12.2 Å². The van der Waals surface area contributed by atoms with Crippen molar-refractivity contribution in [1.29, 1.82) is 0 Å². The molecule has 21 heavy (non-hydrogen) atoms. The predicted molar refractivity (Wildman–Crippen MR) is 73.8 cm³/mol. The van der Waals surface area contributed by atoms with Crippen LogP contribution in [0.4, 0.5) is 17.6 Å². The number of alkyl halides is 3. The lowest BCUT2D eigenvalue weighted by Crippen LogP contribution is -2.19. The zero-order chi connectivity index (χ0) is 15.6. The average Bonchev–Trinajstić information content (AvgIpc) is 2.42. The van der Waals surface area contributed by atoms with Crippen LogP contribution >= 0.6 is 11.6 Å². The Labute approximate surface area is 124 Å². The maximum Gasteiger partial charge on any atom is 0.419 e. The smallest absolute Gasteiger partial charge is 0.309 e. The van der Waals surface area contributed by atoms with Gasteiger partial charge in [-0.2, -0.15) is 13.2 Å². The normalized spacial score (nSPS) is 13.2. The van der Waals surface area contributed by atoms with Gasteiger partial charge in [0.25, 0.3) is 0 Å². The summed E-state index contributed by atoms with van der Waals surface area (Å²) in [6.07, 6.45) is -4.74. The number of hydrogen-bond acceptors (Lipinski definition) is 1. The van der Waals surface area contributed by atoms with Gasteiger partial charge in [-0.05, 0) is 36.4 Å². The third-order valence-electron chi connectivity index (χ3n) is 3.13. The molecule has 0 fully saturated rings. The summed E-state index contributed by atoms with van der Waals surface area (Å²) in [4.78, 5) is 0. The number of halogens is 5. The zero-order valence-electron chi connectivity index (χ0n) is 11.0. The van der Waals surface area contributed by atoms with Crippen LogP contribution in [0, 0.1) is 5.82 Å². The van der Waals surface area contributed by atoms with E-state index in [9.17, 15) is 17.6 Å². The van der Waals surface area contributed by atoms with Crippen LogP contribution in [0.1, 0.15) is 22.7 Å². The molecule has 0 saturated carbocycles. The Bertz CT molecular complexity index is 640. The average molecular weight is 318 g/mol. The van der Waals surface area contributed by atoms with E-state index in [4.69, 9.17) is 11.6 Å². The zero-order valence-corrected chi connectivity index (χ0v) is 11.8. The number of nitrogens with one attached hydrogen (secondary N) is 1. The Balaban J connectivity index is 2.52. The largest absolute Gasteiger partial charge is 0.419 e. The number of hydrogen-bond donors (Lipinski definition) is 1. The van der Waals surface area contributed by atoms with Gasteiger partial charge in [0.05, 0.1) is 11.6 Å². The SMILES string of the molecule is CNC(c1ccc(F)c(C(F)(F)F)c1)c1ccccc1Cl. The number of benzene rings is 2. The molecular formula is C15H12ClF4N. The molecular weight excluding hydrogens is 306 g/mol. The van der Waals surface area contributed by atoms with Crippen molar-refractivity contribution in [3.63, 3.8) is 0 Å². The summed E-state index contributed by atoms with van der Waals surface area (Å²) in [6, 6.07) is 9.20. The first-order valence-electron chi connectivity index (χ1n) is 6.13. The summed E-state index contributed by atoms with van der Waals surface area (Å²) in [5, 5.41) is 3.33. The third-order valence-corrected chi connectivity index (χ3v) is 3.48. The fourth-order valence-electron chi connectivity index (χ4n) is 2.15. The van der Waals surface area contributed by atoms with Crippen LogP contribution in [-0.4, -0.2) is 7.05 Å². The Morgan fingerprint density at radius 1 is 1.10 bits per heavy atom. The summed E-state index contributed by atoms with van der Waals surface area (Å²) < 4.78 is 51.7. The van der Waals surface area contributed by atoms with Gasteiger partial charge in [-0.1, -0.05) is 35.9 Å². The summed E-state index contributed by atoms with van der Waals surface area (Å²) >= 11 is 6.07. The molecule has 2 aromatic carbocycles. The first kappa shape index (κ1) is 15.8. The Morgan fingerprint density at radius 3 is 2.33 bits per heavy atom. The van der Waals surface area contributed by atoms with Crippen molar-refractivity contribution >= 4 is 11.6 Å². The lowest BCUT2D eigenvalue weighted by molar-refractivity contribution is -0.140. The van der Waals surface area contributed by atoms with Gasteiger partial charge in [-0.25, -0.2) is 4.39 Å². The van der Waals surface area contributed by atoms with Crippen LogP contribution in [-0.2, 0) is 6.18 Å². The summed E-state index contributed by atoms with van der Waals surface area (Å²) in [5.41, 5.74) is -0.368. The molecule has 1 nitrogen and oxygen atoms in total. The van der Waals surface area contributed by atoms with Crippen molar-refractivity contribution in [2.75, 3.05) is 7.05 Å². The van der Waals surface area contributed by atoms with Crippen LogP contribution < -0.4 is 5.32 Å². The fraction of sp³-hybridized carbons (Fsp3) is 0.200. The van der Waals surface area contributed by atoms with Gasteiger partial charge in [0.2, 0.25) is 0 Å². The molecule has 0 saturated heterocycles. The molecule has 112 valence electrons. The third kappa shape index (κ3) is 3.36. The molecule has 1 unspecified atom stereocenters. The minimum absolute atomic E-state index is 0.291. The highest BCUT2D eigenvalue weighted by Crippen LogP contribution is 2.35. The second kappa shape index (κ2) is 6.03. The first-order valence-corrected chi connectivity index (χ1v) is 6.50. The molecule has 0 heterocycles. The van der Waals surface area contributed by atoms with Gasteiger partial charge >= 0.3 is 6.18 Å². The second-order valence-corrected chi connectivity index (χ2v) is 4.89. The van der Waals surface area contributed by atoms with E-state index in [0.717, 1.165) is 12.1 Å². The highest BCUT2D eigenvalue weighted by atomic mass is 35.5. The molecule has 0 aliphatic carbocycles. The lowest BCUT2D eigenvalue weighted by atomic mass is 9.97. The Morgan fingerprint density at radius 2 is 1.76 bits per heavy atom. The molecule has 6 heteroatoms. The van der Waals surface area contributed by atoms with Crippen LogP contribution in [0.2, 0.25) is 5.02 Å². The summed E-state index contributed by atoms with van der Waals surface area (Å²) in [7, 11) is 1.60. The van der Waals surface area contributed by atoms with Crippen molar-refractivity contribution in [3.8, 4) is 0 Å². The van der Waals surface area contributed by atoms with E-state index in [1.807, 2.05) is 0 Å². The van der Waals surface area contributed by atoms with Crippen LogP contribution in [0.5, 0.6) is 0 Å². The molecule has 2 rings (SSSR count). The molecule has 0 radical (unpaired) electrons. The van der Waals surface area contributed by atoms with Gasteiger partial charge in [0, 0.05) is 5.02 Å². The topological polar surface area (TPSA) is 12.0 Å². The van der Waals surface area contributed by atoms with Gasteiger partial charge < -0.3 is 5.32 Å². The second-order valence-electron chi connectivity index (χ2n) is 4.48. The van der Waals surface area contributed by atoms with E-state index in [1.54, 1.807) is 31.3 Å². The van der Waals surface area contributed by atoms with Gasteiger partial charge in [-0.3, -0.25) is 0 Å². The minimum atomic E-state index is -4.74. The van der Waals surface area contributed by atoms with Crippen molar-refractivity contribution in [3.05, 3.63) is 70.0 Å². The van der Waals surface area contributed by atoms with Gasteiger partial charge in [0.1, 0.15) is 5.82 Å². The van der Waals surface area contributed by atoms with E-state index in [1.165, 1.54) is 6.07 Å². The van der Waals surface area contributed by atoms with Crippen LogP contribution in [0.3, 0.4) is 0 Å². The molecule has 1 atom stereocenters. The van der Waals surface area contributed by atoms with Crippen LogP contribution in [0.15, 0.2) is 42.5 Å². The molecule has 0 spiro atoms. The Kier molecular flexibility index (Phi) is 4.54. The van der Waals surface area contributed by atoms with Crippen molar-refractivity contribution < 1.29 is 17.6 Å². The molecule has 0 bridgehead atoms. The van der Waals surface area contributed by atoms with Crippen molar-refractivity contribution in [2.24, 2.45) is 0 Å². The quantitative estimate of drug-likeness (QED) is 0.801. The molecule has 0 amide bonds.